The molecule has 1 aromatic rings. The molecule has 110 valence electrons. The van der Waals surface area contributed by atoms with E-state index in [0.29, 0.717) is 25.6 Å². The fraction of sp³-hybridized carbons (Fsp3) is 0.571. The molecule has 1 aromatic heterocycles. The zero-order chi connectivity index (χ0) is 14.5. The highest BCUT2D eigenvalue weighted by Gasteiger charge is 2.26. The van der Waals surface area contributed by atoms with Crippen molar-refractivity contribution in [3.8, 4) is 0 Å². The van der Waals surface area contributed by atoms with Gasteiger partial charge in [0.1, 0.15) is 0 Å². The van der Waals surface area contributed by atoms with Crippen molar-refractivity contribution in [2.45, 2.75) is 12.8 Å². The predicted octanol–water partition coefficient (Wildman–Crippen LogP) is 1.76. The molecule has 2 heterocycles. The van der Waals surface area contributed by atoms with E-state index in [4.69, 9.17) is 4.74 Å². The van der Waals surface area contributed by atoms with Crippen LogP contribution < -0.4 is 5.32 Å². The van der Waals surface area contributed by atoms with Gasteiger partial charge in [0.2, 0.25) is 0 Å². The highest BCUT2D eigenvalue weighted by Crippen LogP contribution is 2.21. The van der Waals surface area contributed by atoms with Crippen LogP contribution in [0.3, 0.4) is 0 Å². The molecule has 0 aromatic carbocycles. The molecule has 2 rings (SSSR count). The van der Waals surface area contributed by atoms with Crippen molar-refractivity contribution >= 4 is 11.7 Å². The van der Waals surface area contributed by atoms with Crippen molar-refractivity contribution in [2.24, 2.45) is 5.92 Å². The van der Waals surface area contributed by atoms with Crippen LogP contribution in [-0.2, 0) is 4.74 Å². The van der Waals surface area contributed by atoms with Crippen LogP contribution in [0, 0.1) is 11.7 Å². The molecule has 0 radical (unpaired) electrons. The number of hydrogen-bond acceptors (Lipinski definition) is 4. The SMILES string of the molecule is CNc1nccc(C(=O)N2CCCC(COC)C2)c1F. The first-order valence-electron chi connectivity index (χ1n) is 6.77. The van der Waals surface area contributed by atoms with Crippen LogP contribution in [0.25, 0.3) is 0 Å². The quantitative estimate of drug-likeness (QED) is 0.913. The number of hydrogen-bond donors (Lipinski definition) is 1. The highest BCUT2D eigenvalue weighted by molar-refractivity contribution is 5.95. The first kappa shape index (κ1) is 14.7. The number of pyridine rings is 1. The van der Waals surface area contributed by atoms with Gasteiger partial charge in [0.15, 0.2) is 11.6 Å². The number of nitrogens with one attached hydrogen (secondary N) is 1. The van der Waals surface area contributed by atoms with Crippen molar-refractivity contribution in [2.75, 3.05) is 39.2 Å². The maximum atomic E-state index is 14.1. The minimum atomic E-state index is -0.589. The number of piperidine rings is 1. The number of carbonyl (C=O) groups is 1. The van der Waals surface area contributed by atoms with E-state index in [-0.39, 0.29) is 17.3 Å². The number of anilines is 1. The molecule has 1 aliphatic heterocycles. The lowest BCUT2D eigenvalue weighted by atomic mass is 9.98. The van der Waals surface area contributed by atoms with Crippen molar-refractivity contribution in [1.29, 1.82) is 0 Å². The average molecular weight is 281 g/mol. The third-order valence-electron chi connectivity index (χ3n) is 3.56. The van der Waals surface area contributed by atoms with Crippen molar-refractivity contribution in [3.63, 3.8) is 0 Å². The van der Waals surface area contributed by atoms with E-state index >= 15 is 0 Å². The highest BCUT2D eigenvalue weighted by atomic mass is 19.1. The zero-order valence-electron chi connectivity index (χ0n) is 11.9. The van der Waals surface area contributed by atoms with Gasteiger partial charge < -0.3 is 15.0 Å². The molecule has 1 fully saturated rings. The molecule has 1 atom stereocenters. The normalized spacial score (nSPS) is 18.9. The van der Waals surface area contributed by atoms with E-state index in [2.05, 4.69) is 10.3 Å². The minimum Gasteiger partial charge on any atom is -0.384 e. The molecule has 1 amide bonds. The largest absolute Gasteiger partial charge is 0.384 e. The molecular weight excluding hydrogens is 261 g/mol. The first-order valence-corrected chi connectivity index (χ1v) is 6.77. The minimum absolute atomic E-state index is 0.0717. The van der Waals surface area contributed by atoms with Crippen LogP contribution in [0.1, 0.15) is 23.2 Å². The summed E-state index contributed by atoms with van der Waals surface area (Å²) in [6, 6.07) is 1.43. The summed E-state index contributed by atoms with van der Waals surface area (Å²) >= 11 is 0. The zero-order valence-corrected chi connectivity index (χ0v) is 11.9. The standard InChI is InChI=1S/C14H20FN3O2/c1-16-13-12(15)11(5-6-17-13)14(19)18-7-3-4-10(8-18)9-20-2/h5-6,10H,3-4,7-9H2,1-2H3,(H,16,17). The van der Waals surface area contributed by atoms with E-state index in [1.807, 2.05) is 0 Å². The topological polar surface area (TPSA) is 54.5 Å². The summed E-state index contributed by atoms with van der Waals surface area (Å²) in [6.07, 6.45) is 3.41. The van der Waals surface area contributed by atoms with Gasteiger partial charge in [-0.15, -0.1) is 0 Å². The molecule has 1 N–H and O–H groups in total. The Balaban J connectivity index is 2.14. The number of carbonyl (C=O) groups excluding carboxylic acids is 1. The Bertz CT molecular complexity index is 479. The Hall–Kier alpha value is -1.69. The monoisotopic (exact) mass is 281 g/mol. The van der Waals surface area contributed by atoms with Crippen LogP contribution in [0.15, 0.2) is 12.3 Å². The lowest BCUT2D eigenvalue weighted by Gasteiger charge is -2.32. The number of ether oxygens (including phenoxy) is 1. The number of halogens is 1. The van der Waals surface area contributed by atoms with Gasteiger partial charge in [0, 0.05) is 33.4 Å². The molecule has 0 aliphatic carbocycles. The third kappa shape index (κ3) is 3.07. The molecule has 1 saturated heterocycles. The van der Waals surface area contributed by atoms with Crippen LogP contribution >= 0.6 is 0 Å². The maximum absolute atomic E-state index is 14.1. The summed E-state index contributed by atoms with van der Waals surface area (Å²) in [6.45, 7) is 1.91. The molecule has 1 aliphatic rings. The van der Waals surface area contributed by atoms with E-state index in [1.54, 1.807) is 19.1 Å². The van der Waals surface area contributed by atoms with Gasteiger partial charge in [-0.05, 0) is 24.8 Å². The Morgan fingerprint density at radius 3 is 3.15 bits per heavy atom. The molecule has 0 saturated carbocycles. The Labute approximate surface area is 118 Å². The lowest BCUT2D eigenvalue weighted by Crippen LogP contribution is -2.41. The Morgan fingerprint density at radius 2 is 2.45 bits per heavy atom. The molecule has 6 heteroatoms. The summed E-state index contributed by atoms with van der Waals surface area (Å²) < 4.78 is 19.3. The van der Waals surface area contributed by atoms with E-state index in [9.17, 15) is 9.18 Å². The summed E-state index contributed by atoms with van der Waals surface area (Å²) in [4.78, 5) is 18.0. The van der Waals surface area contributed by atoms with Crippen LogP contribution in [-0.4, -0.2) is 49.6 Å². The lowest BCUT2D eigenvalue weighted by molar-refractivity contribution is 0.0567. The van der Waals surface area contributed by atoms with Gasteiger partial charge in [0.05, 0.1) is 12.2 Å². The molecule has 20 heavy (non-hydrogen) atoms. The van der Waals surface area contributed by atoms with Crippen molar-refractivity contribution in [1.82, 2.24) is 9.88 Å². The van der Waals surface area contributed by atoms with Gasteiger partial charge in [-0.1, -0.05) is 0 Å². The van der Waals surface area contributed by atoms with E-state index in [0.717, 1.165) is 12.8 Å². The molecule has 1 unspecified atom stereocenters. The van der Waals surface area contributed by atoms with Crippen LogP contribution in [0.4, 0.5) is 10.2 Å². The molecule has 0 bridgehead atoms. The second kappa shape index (κ2) is 6.65. The van der Waals surface area contributed by atoms with E-state index < -0.39 is 5.82 Å². The summed E-state index contributed by atoms with van der Waals surface area (Å²) in [5, 5.41) is 2.65. The first-order chi connectivity index (χ1) is 9.67. The number of rotatable bonds is 4. The van der Waals surface area contributed by atoms with Gasteiger partial charge in [-0.3, -0.25) is 4.79 Å². The van der Waals surface area contributed by atoms with Gasteiger partial charge in [-0.25, -0.2) is 9.37 Å². The second-order valence-electron chi connectivity index (χ2n) is 4.99. The second-order valence-corrected chi connectivity index (χ2v) is 4.99. The summed E-state index contributed by atoms with van der Waals surface area (Å²) in [5.74, 6) is -0.441. The number of nitrogens with zero attached hydrogens (tertiary/aromatic N) is 2. The third-order valence-corrected chi connectivity index (χ3v) is 3.56. The fourth-order valence-corrected chi connectivity index (χ4v) is 2.57. The number of amides is 1. The smallest absolute Gasteiger partial charge is 0.257 e. The average Bonchev–Trinajstić information content (AvgIpc) is 2.47. The Morgan fingerprint density at radius 1 is 1.65 bits per heavy atom. The summed E-state index contributed by atoms with van der Waals surface area (Å²) in [5.41, 5.74) is 0.0717. The molecule has 0 spiro atoms. The van der Waals surface area contributed by atoms with Crippen LogP contribution in [0.5, 0.6) is 0 Å². The maximum Gasteiger partial charge on any atom is 0.257 e. The predicted molar refractivity (Wildman–Crippen MR) is 74.2 cm³/mol. The van der Waals surface area contributed by atoms with E-state index in [1.165, 1.54) is 12.3 Å². The summed E-state index contributed by atoms with van der Waals surface area (Å²) in [7, 11) is 3.23. The van der Waals surface area contributed by atoms with Gasteiger partial charge >= 0.3 is 0 Å². The van der Waals surface area contributed by atoms with Crippen molar-refractivity contribution in [3.05, 3.63) is 23.6 Å². The van der Waals surface area contributed by atoms with Crippen LogP contribution in [0.2, 0.25) is 0 Å². The molecular formula is C14H20FN3O2. The number of methoxy groups -OCH3 is 1. The Kier molecular flexibility index (Phi) is 4.89. The fourth-order valence-electron chi connectivity index (χ4n) is 2.57. The molecule has 5 nitrogen and oxygen atoms in total. The van der Waals surface area contributed by atoms with Gasteiger partial charge in [0.25, 0.3) is 5.91 Å². The van der Waals surface area contributed by atoms with Gasteiger partial charge in [-0.2, -0.15) is 0 Å². The number of likely N-dealkylation sites (tertiary alicyclic amines) is 1. The van der Waals surface area contributed by atoms with Crippen molar-refractivity contribution < 1.29 is 13.9 Å². The number of aromatic nitrogens is 1.